The molecule has 156 valence electrons. The van der Waals surface area contributed by atoms with E-state index in [0.29, 0.717) is 43.6 Å². The van der Waals surface area contributed by atoms with Gasteiger partial charge >= 0.3 is 6.03 Å². The number of morpholine rings is 1. The van der Waals surface area contributed by atoms with Crippen LogP contribution in [-0.4, -0.2) is 47.3 Å². The zero-order valence-electron chi connectivity index (χ0n) is 15.9. The monoisotopic (exact) mass is 438 g/mol. The quantitative estimate of drug-likeness (QED) is 0.643. The SMILES string of the molecule is CCNC(=O)Nc1cc(S(=O)(=O)Nc2ccccc2Cl)ccc1N1CCOCC1. The Bertz CT molecular complexity index is 978. The molecule has 8 nitrogen and oxygen atoms in total. The molecule has 1 aliphatic heterocycles. The van der Waals surface area contributed by atoms with Crippen molar-refractivity contribution in [2.45, 2.75) is 11.8 Å². The second-order valence-corrected chi connectivity index (χ2v) is 8.44. The number of anilines is 3. The van der Waals surface area contributed by atoms with Crippen molar-refractivity contribution in [1.29, 1.82) is 0 Å². The second-order valence-electron chi connectivity index (χ2n) is 6.35. The number of urea groups is 1. The molecule has 29 heavy (non-hydrogen) atoms. The molecule has 1 aliphatic rings. The lowest BCUT2D eigenvalue weighted by atomic mass is 10.2. The van der Waals surface area contributed by atoms with Crippen LogP contribution in [0.3, 0.4) is 0 Å². The predicted octanol–water partition coefficient (Wildman–Crippen LogP) is 3.12. The highest BCUT2D eigenvalue weighted by Gasteiger charge is 2.21. The van der Waals surface area contributed by atoms with Gasteiger partial charge in [-0.05, 0) is 37.3 Å². The first-order valence-corrected chi connectivity index (χ1v) is 11.1. The van der Waals surface area contributed by atoms with Gasteiger partial charge in [-0.1, -0.05) is 23.7 Å². The summed E-state index contributed by atoms with van der Waals surface area (Å²) in [5.74, 6) is 0. The third-order valence-corrected chi connectivity index (χ3v) is 6.03. The summed E-state index contributed by atoms with van der Waals surface area (Å²) in [5.41, 5.74) is 1.42. The first-order chi connectivity index (χ1) is 13.9. The standard InChI is InChI=1S/C19H23ClN4O4S/c1-2-21-19(25)22-17-13-14(7-8-18(17)24-9-11-28-12-10-24)29(26,27)23-16-6-4-3-5-15(16)20/h3-8,13,23H,2,9-12H2,1H3,(H2,21,22,25). The maximum Gasteiger partial charge on any atom is 0.319 e. The van der Waals surface area contributed by atoms with Gasteiger partial charge in [-0.15, -0.1) is 0 Å². The van der Waals surface area contributed by atoms with E-state index >= 15 is 0 Å². The van der Waals surface area contributed by atoms with Crippen molar-refractivity contribution in [1.82, 2.24) is 5.32 Å². The maximum absolute atomic E-state index is 12.9. The van der Waals surface area contributed by atoms with Gasteiger partial charge in [0.2, 0.25) is 0 Å². The molecule has 10 heteroatoms. The molecule has 2 aromatic carbocycles. The van der Waals surface area contributed by atoms with Gasteiger partial charge in [0.05, 0.1) is 40.2 Å². The second kappa shape index (κ2) is 9.34. The Morgan fingerprint density at radius 1 is 1.14 bits per heavy atom. The molecule has 0 saturated carbocycles. The lowest BCUT2D eigenvalue weighted by Gasteiger charge is -2.30. The van der Waals surface area contributed by atoms with Gasteiger partial charge in [0.25, 0.3) is 10.0 Å². The van der Waals surface area contributed by atoms with Crippen LogP contribution in [0.2, 0.25) is 5.02 Å². The molecule has 0 aromatic heterocycles. The molecule has 2 aromatic rings. The number of sulfonamides is 1. The van der Waals surface area contributed by atoms with Gasteiger partial charge in [0.15, 0.2) is 0 Å². The molecular formula is C19H23ClN4O4S. The Kier molecular flexibility index (Phi) is 6.83. The van der Waals surface area contributed by atoms with E-state index < -0.39 is 16.1 Å². The van der Waals surface area contributed by atoms with Crippen LogP contribution < -0.4 is 20.3 Å². The van der Waals surface area contributed by atoms with Gasteiger partial charge in [0, 0.05) is 19.6 Å². The molecule has 0 aliphatic carbocycles. The third-order valence-electron chi connectivity index (χ3n) is 4.33. The van der Waals surface area contributed by atoms with Crippen molar-refractivity contribution in [2.24, 2.45) is 0 Å². The minimum atomic E-state index is -3.90. The fourth-order valence-electron chi connectivity index (χ4n) is 2.94. The van der Waals surface area contributed by atoms with Crippen LogP contribution in [0.15, 0.2) is 47.4 Å². The molecule has 0 atom stereocenters. The van der Waals surface area contributed by atoms with Gasteiger partial charge in [0.1, 0.15) is 0 Å². The number of nitrogens with zero attached hydrogens (tertiary/aromatic N) is 1. The summed E-state index contributed by atoms with van der Waals surface area (Å²) in [7, 11) is -3.90. The number of nitrogens with one attached hydrogen (secondary N) is 3. The first kappa shape index (κ1) is 21.2. The number of ether oxygens (including phenoxy) is 1. The van der Waals surface area contributed by atoms with Crippen LogP contribution in [0.25, 0.3) is 0 Å². The molecule has 3 rings (SSSR count). The minimum Gasteiger partial charge on any atom is -0.378 e. The van der Waals surface area contributed by atoms with Crippen LogP contribution in [-0.2, 0) is 14.8 Å². The van der Waals surface area contributed by atoms with Crippen molar-refractivity contribution in [2.75, 3.05) is 47.8 Å². The zero-order valence-corrected chi connectivity index (χ0v) is 17.5. The molecule has 2 amide bonds. The Morgan fingerprint density at radius 2 is 1.86 bits per heavy atom. The van der Waals surface area contributed by atoms with Gasteiger partial charge in [-0.2, -0.15) is 0 Å². The van der Waals surface area contributed by atoms with E-state index in [0.717, 1.165) is 5.69 Å². The summed E-state index contributed by atoms with van der Waals surface area (Å²) in [6.07, 6.45) is 0. The summed E-state index contributed by atoms with van der Waals surface area (Å²) in [5, 5.41) is 5.69. The van der Waals surface area contributed by atoms with Crippen molar-refractivity contribution < 1.29 is 17.9 Å². The van der Waals surface area contributed by atoms with Gasteiger partial charge in [-0.25, -0.2) is 13.2 Å². The van der Waals surface area contributed by atoms with Crippen LogP contribution in [0.5, 0.6) is 0 Å². The minimum absolute atomic E-state index is 0.0150. The van der Waals surface area contributed by atoms with E-state index in [9.17, 15) is 13.2 Å². The number of rotatable bonds is 6. The lowest BCUT2D eigenvalue weighted by Crippen LogP contribution is -2.37. The van der Waals surface area contributed by atoms with Gasteiger partial charge < -0.3 is 20.3 Å². The van der Waals surface area contributed by atoms with Gasteiger partial charge in [-0.3, -0.25) is 4.72 Å². The normalized spacial score (nSPS) is 14.3. The molecule has 0 spiro atoms. The highest BCUT2D eigenvalue weighted by molar-refractivity contribution is 7.92. The summed E-state index contributed by atoms with van der Waals surface area (Å²) < 4.78 is 33.6. The summed E-state index contributed by atoms with van der Waals surface area (Å²) in [6.45, 7) is 4.67. The average molecular weight is 439 g/mol. The van der Waals surface area contributed by atoms with E-state index in [-0.39, 0.29) is 10.6 Å². The molecule has 0 unspecified atom stereocenters. The fraction of sp³-hybridized carbons (Fsp3) is 0.316. The Labute approximate surface area is 175 Å². The third kappa shape index (κ3) is 5.31. The van der Waals surface area contributed by atoms with Crippen LogP contribution in [0.1, 0.15) is 6.92 Å². The fourth-order valence-corrected chi connectivity index (χ4v) is 4.28. The molecule has 1 heterocycles. The van der Waals surface area contributed by atoms with E-state index in [1.165, 1.54) is 12.1 Å². The topological polar surface area (TPSA) is 99.8 Å². The van der Waals surface area contributed by atoms with Crippen molar-refractivity contribution >= 4 is 44.7 Å². The van der Waals surface area contributed by atoms with Crippen molar-refractivity contribution in [3.63, 3.8) is 0 Å². The Balaban J connectivity index is 1.94. The number of carbonyl (C=O) groups is 1. The zero-order chi connectivity index (χ0) is 20.9. The van der Waals surface area contributed by atoms with Crippen molar-refractivity contribution in [3.05, 3.63) is 47.5 Å². The highest BCUT2D eigenvalue weighted by atomic mass is 35.5. The number of hydrogen-bond donors (Lipinski definition) is 3. The molecular weight excluding hydrogens is 416 g/mol. The van der Waals surface area contributed by atoms with Crippen LogP contribution >= 0.6 is 11.6 Å². The maximum atomic E-state index is 12.9. The first-order valence-electron chi connectivity index (χ1n) is 9.19. The van der Waals surface area contributed by atoms with E-state index in [1.807, 2.05) is 4.90 Å². The smallest absolute Gasteiger partial charge is 0.319 e. The van der Waals surface area contributed by atoms with Crippen molar-refractivity contribution in [3.8, 4) is 0 Å². The molecule has 0 radical (unpaired) electrons. The highest BCUT2D eigenvalue weighted by Crippen LogP contribution is 2.31. The average Bonchev–Trinajstić information content (AvgIpc) is 2.70. The summed E-state index contributed by atoms with van der Waals surface area (Å²) in [6, 6.07) is 10.8. The van der Waals surface area contributed by atoms with Crippen LogP contribution in [0.4, 0.5) is 21.9 Å². The summed E-state index contributed by atoms with van der Waals surface area (Å²) >= 11 is 6.07. The predicted molar refractivity (Wildman–Crippen MR) is 114 cm³/mol. The molecule has 0 bridgehead atoms. The number of hydrogen-bond acceptors (Lipinski definition) is 5. The number of halogens is 1. The van der Waals surface area contributed by atoms with Crippen LogP contribution in [0, 0.1) is 0 Å². The Hall–Kier alpha value is -2.49. The van der Waals surface area contributed by atoms with E-state index in [4.69, 9.17) is 16.3 Å². The Morgan fingerprint density at radius 3 is 2.55 bits per heavy atom. The van der Waals surface area contributed by atoms with E-state index in [1.54, 1.807) is 37.3 Å². The largest absolute Gasteiger partial charge is 0.378 e. The number of amides is 2. The molecule has 3 N–H and O–H groups in total. The van der Waals surface area contributed by atoms with E-state index in [2.05, 4.69) is 15.4 Å². The number of para-hydroxylation sites is 1. The lowest BCUT2D eigenvalue weighted by molar-refractivity contribution is 0.123. The number of carbonyl (C=O) groups excluding carboxylic acids is 1. The summed E-state index contributed by atoms with van der Waals surface area (Å²) in [4.78, 5) is 14.2. The molecule has 1 fully saturated rings. The number of benzene rings is 2. The molecule has 1 saturated heterocycles.